The van der Waals surface area contributed by atoms with Crippen molar-refractivity contribution in [2.24, 2.45) is 5.73 Å². The number of nitrogens with two attached hydrogens (primary N) is 1. The molecule has 0 aromatic heterocycles. The van der Waals surface area contributed by atoms with Crippen molar-refractivity contribution in [1.82, 2.24) is 0 Å². The van der Waals surface area contributed by atoms with E-state index in [9.17, 15) is 0 Å². The van der Waals surface area contributed by atoms with Crippen LogP contribution in [0.15, 0.2) is 24.3 Å². The van der Waals surface area contributed by atoms with Crippen molar-refractivity contribution in [2.75, 3.05) is 13.2 Å². The summed E-state index contributed by atoms with van der Waals surface area (Å²) in [4.78, 5) is 0.512. The fraction of sp³-hybridized carbons (Fsp3) is 0.462. The molecule has 1 aliphatic heterocycles. The third-order valence-corrected chi connectivity index (χ3v) is 2.91. The lowest BCUT2D eigenvalue weighted by Crippen LogP contribution is -2.16. The topological polar surface area (TPSA) is 44.5 Å². The molecule has 1 atom stereocenters. The number of rotatable bonds is 5. The predicted octanol–water partition coefficient (Wildman–Crippen LogP) is 2.07. The zero-order chi connectivity index (χ0) is 12.1. The van der Waals surface area contributed by atoms with E-state index in [0.717, 1.165) is 30.8 Å². The minimum Gasteiger partial charge on any atom is -0.491 e. The van der Waals surface area contributed by atoms with Gasteiger partial charge < -0.3 is 15.2 Å². The van der Waals surface area contributed by atoms with Crippen LogP contribution in [-0.4, -0.2) is 24.3 Å². The standard InChI is InChI=1S/C13H17NO2S/c14-13(17)8-10-3-5-11(6-4-10)16-9-12-2-1-7-15-12/h3-6,12H,1-2,7-9H2,(H2,14,17). The normalized spacial score (nSPS) is 19.2. The van der Waals surface area contributed by atoms with Crippen LogP contribution in [0.5, 0.6) is 5.75 Å². The lowest BCUT2D eigenvalue weighted by molar-refractivity contribution is 0.0679. The van der Waals surface area contributed by atoms with Gasteiger partial charge in [-0.05, 0) is 30.5 Å². The van der Waals surface area contributed by atoms with Crippen LogP contribution in [0.2, 0.25) is 0 Å². The molecule has 2 rings (SSSR count). The first-order valence-corrected chi connectivity index (χ1v) is 6.26. The summed E-state index contributed by atoms with van der Waals surface area (Å²) in [6.45, 7) is 1.50. The molecule has 1 fully saturated rings. The summed E-state index contributed by atoms with van der Waals surface area (Å²) in [5, 5.41) is 0. The summed E-state index contributed by atoms with van der Waals surface area (Å²) in [6, 6.07) is 7.87. The van der Waals surface area contributed by atoms with E-state index in [0.29, 0.717) is 18.0 Å². The zero-order valence-electron chi connectivity index (χ0n) is 9.72. The largest absolute Gasteiger partial charge is 0.491 e. The number of hydrogen-bond donors (Lipinski definition) is 1. The van der Waals surface area contributed by atoms with Crippen molar-refractivity contribution < 1.29 is 9.47 Å². The predicted molar refractivity (Wildman–Crippen MR) is 71.4 cm³/mol. The molecule has 0 radical (unpaired) electrons. The molecule has 3 nitrogen and oxygen atoms in total. The van der Waals surface area contributed by atoms with Crippen LogP contribution in [0.3, 0.4) is 0 Å². The van der Waals surface area contributed by atoms with E-state index < -0.39 is 0 Å². The molecule has 17 heavy (non-hydrogen) atoms. The molecule has 1 aromatic carbocycles. The van der Waals surface area contributed by atoms with Gasteiger partial charge in [-0.15, -0.1) is 0 Å². The maximum absolute atomic E-state index is 5.66. The van der Waals surface area contributed by atoms with Gasteiger partial charge >= 0.3 is 0 Å². The maximum atomic E-state index is 5.66. The van der Waals surface area contributed by atoms with Gasteiger partial charge in [0.05, 0.1) is 11.1 Å². The van der Waals surface area contributed by atoms with Crippen LogP contribution in [0, 0.1) is 0 Å². The van der Waals surface area contributed by atoms with E-state index in [1.54, 1.807) is 0 Å². The van der Waals surface area contributed by atoms with Crippen LogP contribution >= 0.6 is 12.2 Å². The Bertz CT molecular complexity index is 372. The molecule has 1 saturated heterocycles. The van der Waals surface area contributed by atoms with E-state index >= 15 is 0 Å². The highest BCUT2D eigenvalue weighted by atomic mass is 32.1. The van der Waals surface area contributed by atoms with Crippen molar-refractivity contribution >= 4 is 17.2 Å². The first-order valence-electron chi connectivity index (χ1n) is 5.85. The average molecular weight is 251 g/mol. The molecule has 0 aliphatic carbocycles. The van der Waals surface area contributed by atoms with Gasteiger partial charge in [-0.1, -0.05) is 24.4 Å². The second-order valence-electron chi connectivity index (χ2n) is 4.23. The Morgan fingerprint density at radius 3 is 2.76 bits per heavy atom. The minimum absolute atomic E-state index is 0.256. The monoisotopic (exact) mass is 251 g/mol. The molecular formula is C13H17NO2S. The molecule has 1 aromatic rings. The molecular weight excluding hydrogens is 234 g/mol. The zero-order valence-corrected chi connectivity index (χ0v) is 10.5. The van der Waals surface area contributed by atoms with Crippen LogP contribution < -0.4 is 10.5 Å². The Balaban J connectivity index is 1.82. The van der Waals surface area contributed by atoms with Gasteiger partial charge in [-0.2, -0.15) is 0 Å². The van der Waals surface area contributed by atoms with Gasteiger partial charge in [-0.3, -0.25) is 0 Å². The fourth-order valence-electron chi connectivity index (χ4n) is 1.87. The molecule has 0 amide bonds. The second-order valence-corrected chi connectivity index (χ2v) is 4.76. The van der Waals surface area contributed by atoms with E-state index in [1.165, 1.54) is 0 Å². The first-order chi connectivity index (χ1) is 8.24. The van der Waals surface area contributed by atoms with Crippen LogP contribution in [-0.2, 0) is 11.2 Å². The highest BCUT2D eigenvalue weighted by molar-refractivity contribution is 7.80. The first kappa shape index (κ1) is 12.3. The molecule has 1 aliphatic rings. The van der Waals surface area contributed by atoms with Gasteiger partial charge in [0.25, 0.3) is 0 Å². The highest BCUT2D eigenvalue weighted by Crippen LogP contribution is 2.16. The Hall–Kier alpha value is -1.13. The van der Waals surface area contributed by atoms with E-state index in [-0.39, 0.29) is 6.10 Å². The van der Waals surface area contributed by atoms with Crippen LogP contribution in [0.4, 0.5) is 0 Å². The SMILES string of the molecule is NC(=S)Cc1ccc(OCC2CCCO2)cc1. The summed E-state index contributed by atoms with van der Waals surface area (Å²) >= 11 is 4.86. The van der Waals surface area contributed by atoms with Gasteiger partial charge in [0.15, 0.2) is 0 Å². The Kier molecular flexibility index (Phi) is 4.34. The summed E-state index contributed by atoms with van der Waals surface area (Å²) in [7, 11) is 0. The smallest absolute Gasteiger partial charge is 0.119 e. The average Bonchev–Trinajstić information content (AvgIpc) is 2.80. The summed E-state index contributed by atoms with van der Waals surface area (Å²) in [5.74, 6) is 0.868. The molecule has 1 heterocycles. The molecule has 0 spiro atoms. The lowest BCUT2D eigenvalue weighted by atomic mass is 10.1. The maximum Gasteiger partial charge on any atom is 0.119 e. The van der Waals surface area contributed by atoms with Gasteiger partial charge in [0.2, 0.25) is 0 Å². The molecule has 4 heteroatoms. The summed E-state index contributed by atoms with van der Waals surface area (Å²) < 4.78 is 11.2. The Morgan fingerprint density at radius 2 is 2.18 bits per heavy atom. The van der Waals surface area contributed by atoms with Crippen LogP contribution in [0.25, 0.3) is 0 Å². The van der Waals surface area contributed by atoms with E-state index in [2.05, 4.69) is 0 Å². The number of thiocarbonyl (C=S) groups is 1. The Morgan fingerprint density at radius 1 is 1.41 bits per heavy atom. The number of benzene rings is 1. The van der Waals surface area contributed by atoms with E-state index in [4.69, 9.17) is 27.4 Å². The Labute approximate surface area is 107 Å². The molecule has 2 N–H and O–H groups in total. The summed E-state index contributed by atoms with van der Waals surface area (Å²) in [6.07, 6.45) is 3.13. The number of hydrogen-bond acceptors (Lipinski definition) is 3. The van der Waals surface area contributed by atoms with Crippen molar-refractivity contribution in [3.05, 3.63) is 29.8 Å². The van der Waals surface area contributed by atoms with Crippen molar-refractivity contribution in [3.8, 4) is 5.75 Å². The third kappa shape index (κ3) is 3.98. The fourth-order valence-corrected chi connectivity index (χ4v) is 2.04. The van der Waals surface area contributed by atoms with Crippen molar-refractivity contribution in [3.63, 3.8) is 0 Å². The molecule has 92 valence electrons. The minimum atomic E-state index is 0.256. The molecule has 1 unspecified atom stereocenters. The molecule has 0 bridgehead atoms. The van der Waals surface area contributed by atoms with E-state index in [1.807, 2.05) is 24.3 Å². The van der Waals surface area contributed by atoms with Gasteiger partial charge in [-0.25, -0.2) is 0 Å². The number of ether oxygens (including phenoxy) is 2. The molecule has 0 saturated carbocycles. The lowest BCUT2D eigenvalue weighted by Gasteiger charge is -2.11. The third-order valence-electron chi connectivity index (χ3n) is 2.76. The van der Waals surface area contributed by atoms with Crippen molar-refractivity contribution in [2.45, 2.75) is 25.4 Å². The van der Waals surface area contributed by atoms with Gasteiger partial charge in [0, 0.05) is 13.0 Å². The summed E-state index contributed by atoms with van der Waals surface area (Å²) in [5.41, 5.74) is 6.60. The highest BCUT2D eigenvalue weighted by Gasteiger charge is 2.15. The van der Waals surface area contributed by atoms with Crippen molar-refractivity contribution in [1.29, 1.82) is 0 Å². The quantitative estimate of drug-likeness (QED) is 0.814. The second kappa shape index (κ2) is 5.98. The van der Waals surface area contributed by atoms with Gasteiger partial charge in [0.1, 0.15) is 12.4 Å². The van der Waals surface area contributed by atoms with Crippen LogP contribution in [0.1, 0.15) is 18.4 Å².